The second kappa shape index (κ2) is 8.56. The molecule has 146 valence electrons. The number of anilines is 1. The number of aromatic nitrogens is 2. The van der Waals surface area contributed by atoms with Gasteiger partial charge >= 0.3 is 0 Å². The Kier molecular flexibility index (Phi) is 5.52. The van der Waals surface area contributed by atoms with Crippen LogP contribution in [0.15, 0.2) is 73.1 Å². The molecule has 1 amide bonds. The van der Waals surface area contributed by atoms with Crippen molar-refractivity contribution in [3.05, 3.63) is 95.6 Å². The lowest BCUT2D eigenvalue weighted by atomic mass is 10.1. The molecule has 2 heterocycles. The van der Waals surface area contributed by atoms with Crippen molar-refractivity contribution in [2.24, 2.45) is 0 Å². The summed E-state index contributed by atoms with van der Waals surface area (Å²) in [5.41, 5.74) is 3.26. The van der Waals surface area contributed by atoms with Crippen molar-refractivity contribution >= 4 is 22.6 Å². The molecular formula is C23H21FN4O. The lowest BCUT2D eigenvalue weighted by molar-refractivity contribution is 0.0950. The molecule has 0 bridgehead atoms. The first-order valence-electron chi connectivity index (χ1n) is 9.47. The minimum absolute atomic E-state index is 0.135. The highest BCUT2D eigenvalue weighted by molar-refractivity contribution is 5.94. The van der Waals surface area contributed by atoms with Crippen LogP contribution in [-0.4, -0.2) is 22.4 Å². The smallest absolute Gasteiger partial charge is 0.253 e. The zero-order valence-corrected chi connectivity index (χ0v) is 15.8. The van der Waals surface area contributed by atoms with E-state index in [2.05, 4.69) is 32.7 Å². The number of hydrogen-bond donors (Lipinski definition) is 3. The Bertz CT molecular complexity index is 1120. The highest BCUT2D eigenvalue weighted by Gasteiger charge is 2.08. The van der Waals surface area contributed by atoms with Gasteiger partial charge in [-0.3, -0.25) is 4.79 Å². The molecule has 4 aromatic rings. The minimum Gasteiger partial charge on any atom is -0.370 e. The van der Waals surface area contributed by atoms with Gasteiger partial charge in [0.25, 0.3) is 5.91 Å². The van der Waals surface area contributed by atoms with E-state index >= 15 is 0 Å². The molecule has 0 fully saturated rings. The molecule has 29 heavy (non-hydrogen) atoms. The molecule has 0 saturated carbocycles. The predicted octanol–water partition coefficient (Wildman–Crippen LogP) is 4.29. The summed E-state index contributed by atoms with van der Waals surface area (Å²) < 4.78 is 13.6. The largest absolute Gasteiger partial charge is 0.370 e. The highest BCUT2D eigenvalue weighted by Crippen LogP contribution is 2.18. The Balaban J connectivity index is 1.29. The molecule has 2 aromatic carbocycles. The topological polar surface area (TPSA) is 69.8 Å². The van der Waals surface area contributed by atoms with Gasteiger partial charge in [0.05, 0.1) is 5.56 Å². The van der Waals surface area contributed by atoms with Gasteiger partial charge in [0.15, 0.2) is 0 Å². The molecule has 0 radical (unpaired) electrons. The number of rotatable bonds is 7. The lowest BCUT2D eigenvalue weighted by Gasteiger charge is -2.08. The average molecular weight is 388 g/mol. The third-order valence-corrected chi connectivity index (χ3v) is 4.80. The van der Waals surface area contributed by atoms with Gasteiger partial charge in [-0.1, -0.05) is 36.4 Å². The fraction of sp³-hybridized carbons (Fsp3) is 0.130. The summed E-state index contributed by atoms with van der Waals surface area (Å²) in [6.07, 6.45) is 4.41. The summed E-state index contributed by atoms with van der Waals surface area (Å²) in [4.78, 5) is 19.8. The van der Waals surface area contributed by atoms with Gasteiger partial charge in [-0.15, -0.1) is 0 Å². The number of pyridine rings is 1. The summed E-state index contributed by atoms with van der Waals surface area (Å²) in [7, 11) is 0. The van der Waals surface area contributed by atoms with E-state index in [1.54, 1.807) is 30.3 Å². The number of benzene rings is 2. The highest BCUT2D eigenvalue weighted by atomic mass is 19.1. The molecule has 0 atom stereocenters. The molecule has 5 nitrogen and oxygen atoms in total. The molecular weight excluding hydrogens is 367 g/mol. The Morgan fingerprint density at radius 1 is 1.00 bits per heavy atom. The van der Waals surface area contributed by atoms with Crippen molar-refractivity contribution < 1.29 is 9.18 Å². The molecule has 0 unspecified atom stereocenters. The van der Waals surface area contributed by atoms with Gasteiger partial charge in [-0.05, 0) is 36.2 Å². The SMILES string of the molecule is O=C(NCc1ccccc1F)c1ccc(NCCc2c[nH]c3ccccc23)nc1. The number of amides is 1. The van der Waals surface area contributed by atoms with Crippen molar-refractivity contribution in [2.45, 2.75) is 13.0 Å². The van der Waals surface area contributed by atoms with Gasteiger partial charge in [0, 0.05) is 41.9 Å². The van der Waals surface area contributed by atoms with E-state index in [1.807, 2.05) is 18.3 Å². The van der Waals surface area contributed by atoms with Gasteiger partial charge < -0.3 is 15.6 Å². The number of H-pyrrole nitrogens is 1. The molecule has 0 spiro atoms. The number of carbonyl (C=O) groups excluding carboxylic acids is 1. The van der Waals surface area contributed by atoms with Crippen LogP contribution < -0.4 is 10.6 Å². The first-order chi connectivity index (χ1) is 14.2. The molecule has 3 N–H and O–H groups in total. The molecule has 0 saturated heterocycles. The summed E-state index contributed by atoms with van der Waals surface area (Å²) in [6, 6.07) is 18.1. The summed E-state index contributed by atoms with van der Waals surface area (Å²) in [5.74, 6) is 0.0854. The molecule has 0 aliphatic rings. The summed E-state index contributed by atoms with van der Waals surface area (Å²) >= 11 is 0. The lowest BCUT2D eigenvalue weighted by Crippen LogP contribution is -2.23. The average Bonchev–Trinajstić information content (AvgIpc) is 3.17. The van der Waals surface area contributed by atoms with Crippen LogP contribution in [0.3, 0.4) is 0 Å². The van der Waals surface area contributed by atoms with Crippen molar-refractivity contribution in [3.63, 3.8) is 0 Å². The van der Waals surface area contributed by atoms with E-state index in [0.29, 0.717) is 16.9 Å². The van der Waals surface area contributed by atoms with Crippen LogP contribution in [0.5, 0.6) is 0 Å². The van der Waals surface area contributed by atoms with E-state index in [4.69, 9.17) is 0 Å². The van der Waals surface area contributed by atoms with Crippen molar-refractivity contribution in [1.82, 2.24) is 15.3 Å². The Labute approximate surface area is 168 Å². The van der Waals surface area contributed by atoms with Gasteiger partial charge in [-0.25, -0.2) is 9.37 Å². The van der Waals surface area contributed by atoms with Crippen LogP contribution >= 0.6 is 0 Å². The second-order valence-electron chi connectivity index (χ2n) is 6.74. The first-order valence-corrected chi connectivity index (χ1v) is 9.47. The molecule has 0 aliphatic carbocycles. The number of hydrogen-bond acceptors (Lipinski definition) is 3. The zero-order chi connectivity index (χ0) is 20.1. The van der Waals surface area contributed by atoms with Crippen molar-refractivity contribution in [3.8, 4) is 0 Å². The Morgan fingerprint density at radius 2 is 1.83 bits per heavy atom. The van der Waals surface area contributed by atoms with Gasteiger partial charge in [0.1, 0.15) is 11.6 Å². The maximum absolute atomic E-state index is 13.6. The molecule has 6 heteroatoms. The summed E-state index contributed by atoms with van der Waals surface area (Å²) in [5, 5.41) is 7.21. The zero-order valence-electron chi connectivity index (χ0n) is 15.8. The number of para-hydroxylation sites is 1. The summed E-state index contributed by atoms with van der Waals surface area (Å²) in [6.45, 7) is 0.865. The normalized spacial score (nSPS) is 10.8. The van der Waals surface area contributed by atoms with E-state index in [1.165, 1.54) is 23.2 Å². The first kappa shape index (κ1) is 18.7. The fourth-order valence-corrected chi connectivity index (χ4v) is 3.22. The third-order valence-electron chi connectivity index (χ3n) is 4.80. The van der Waals surface area contributed by atoms with E-state index in [0.717, 1.165) is 18.5 Å². The Morgan fingerprint density at radius 3 is 2.66 bits per heavy atom. The van der Waals surface area contributed by atoms with Gasteiger partial charge in [0.2, 0.25) is 0 Å². The van der Waals surface area contributed by atoms with Crippen LogP contribution in [0.2, 0.25) is 0 Å². The number of carbonyl (C=O) groups is 1. The molecule has 4 rings (SSSR count). The Hall–Kier alpha value is -3.67. The van der Waals surface area contributed by atoms with Gasteiger partial charge in [-0.2, -0.15) is 0 Å². The monoisotopic (exact) mass is 388 g/mol. The third kappa shape index (κ3) is 4.43. The molecule has 0 aliphatic heterocycles. The van der Waals surface area contributed by atoms with Crippen LogP contribution in [0, 0.1) is 5.82 Å². The van der Waals surface area contributed by atoms with Crippen LogP contribution in [0.25, 0.3) is 10.9 Å². The number of aromatic amines is 1. The van der Waals surface area contributed by atoms with E-state index in [-0.39, 0.29) is 18.3 Å². The number of nitrogens with one attached hydrogen (secondary N) is 3. The quantitative estimate of drug-likeness (QED) is 0.442. The molecule has 2 aromatic heterocycles. The minimum atomic E-state index is -0.333. The number of halogens is 1. The van der Waals surface area contributed by atoms with Crippen molar-refractivity contribution in [1.29, 1.82) is 0 Å². The van der Waals surface area contributed by atoms with E-state index < -0.39 is 0 Å². The number of nitrogens with zero attached hydrogens (tertiary/aromatic N) is 1. The maximum Gasteiger partial charge on any atom is 0.253 e. The predicted molar refractivity (Wildman–Crippen MR) is 112 cm³/mol. The fourth-order valence-electron chi connectivity index (χ4n) is 3.22. The van der Waals surface area contributed by atoms with E-state index in [9.17, 15) is 9.18 Å². The van der Waals surface area contributed by atoms with Crippen LogP contribution in [-0.2, 0) is 13.0 Å². The number of fused-ring (bicyclic) bond motifs is 1. The van der Waals surface area contributed by atoms with Crippen LogP contribution in [0.1, 0.15) is 21.5 Å². The second-order valence-corrected chi connectivity index (χ2v) is 6.74. The maximum atomic E-state index is 13.6. The van der Waals surface area contributed by atoms with Crippen molar-refractivity contribution in [2.75, 3.05) is 11.9 Å². The standard InChI is InChI=1S/C23H21FN4O/c24-20-7-3-1-5-17(20)14-28-23(29)18-9-10-22(27-15-18)25-12-11-16-13-26-21-8-4-2-6-19(16)21/h1-10,13,15,26H,11-12,14H2,(H,25,27)(H,28,29). The van der Waals surface area contributed by atoms with Crippen LogP contribution in [0.4, 0.5) is 10.2 Å².